The maximum Gasteiger partial charge on any atom is -0.00828 e. The number of aryl methyl sites for hydroxylation is 2. The lowest BCUT2D eigenvalue weighted by molar-refractivity contribution is 1.19. The fraction of sp³-hybridized carbons (Fsp3) is 0.273. The summed E-state index contributed by atoms with van der Waals surface area (Å²) in [5.41, 5.74) is 9.49. The molecule has 0 aromatic heterocycles. The average molecular weight is 290 g/mol. The fourth-order valence-corrected chi connectivity index (χ4v) is 2.76. The first kappa shape index (κ1) is 16.3. The van der Waals surface area contributed by atoms with Crippen molar-refractivity contribution in [2.75, 3.05) is 0 Å². The van der Waals surface area contributed by atoms with Crippen LogP contribution in [0.15, 0.2) is 54.6 Å². The minimum atomic E-state index is 0.979. The van der Waals surface area contributed by atoms with E-state index in [9.17, 15) is 0 Å². The van der Waals surface area contributed by atoms with Crippen LogP contribution in [0.25, 0.3) is 11.1 Å². The van der Waals surface area contributed by atoms with E-state index >= 15 is 0 Å². The lowest BCUT2D eigenvalue weighted by Crippen LogP contribution is -1.95. The van der Waals surface area contributed by atoms with Crippen LogP contribution in [0.4, 0.5) is 0 Å². The second kappa shape index (κ2) is 7.26. The predicted molar refractivity (Wildman–Crippen MR) is 99.0 cm³/mol. The molecule has 2 rings (SSSR count). The van der Waals surface area contributed by atoms with Crippen molar-refractivity contribution in [3.63, 3.8) is 0 Å². The minimum absolute atomic E-state index is 0.979. The van der Waals surface area contributed by atoms with Gasteiger partial charge in [-0.2, -0.15) is 0 Å². The van der Waals surface area contributed by atoms with Crippen LogP contribution in [0.1, 0.15) is 48.6 Å². The fourth-order valence-electron chi connectivity index (χ4n) is 2.76. The molecule has 0 atom stereocenters. The maximum atomic E-state index is 2.35. The summed E-state index contributed by atoms with van der Waals surface area (Å²) in [6.45, 7) is 10.9. The van der Waals surface area contributed by atoms with E-state index in [1.807, 2.05) is 0 Å². The molecule has 0 unspecified atom stereocenters. The van der Waals surface area contributed by atoms with E-state index in [1.165, 1.54) is 39.0 Å². The Hall–Kier alpha value is -2.08. The molecular weight excluding hydrogens is 264 g/mol. The van der Waals surface area contributed by atoms with Gasteiger partial charge < -0.3 is 0 Å². The molecule has 0 spiro atoms. The van der Waals surface area contributed by atoms with E-state index in [1.54, 1.807) is 0 Å². The highest BCUT2D eigenvalue weighted by Gasteiger charge is 2.06. The van der Waals surface area contributed by atoms with Crippen molar-refractivity contribution in [1.29, 1.82) is 0 Å². The molecule has 0 aliphatic heterocycles. The van der Waals surface area contributed by atoms with Crippen LogP contribution >= 0.6 is 0 Å². The minimum Gasteiger partial charge on any atom is -0.0841 e. The zero-order valence-corrected chi connectivity index (χ0v) is 14.4. The molecule has 0 N–H and O–H groups in total. The van der Waals surface area contributed by atoms with Gasteiger partial charge in [-0.3, -0.25) is 0 Å². The van der Waals surface area contributed by atoms with Gasteiger partial charge in [-0.25, -0.2) is 0 Å². The molecule has 0 radical (unpaired) electrons. The summed E-state index contributed by atoms with van der Waals surface area (Å²) < 4.78 is 0. The molecule has 0 fully saturated rings. The van der Waals surface area contributed by atoms with Crippen LogP contribution in [0.5, 0.6) is 0 Å². The van der Waals surface area contributed by atoms with Gasteiger partial charge in [0.15, 0.2) is 0 Å². The summed E-state index contributed by atoms with van der Waals surface area (Å²) in [5, 5.41) is 0. The van der Waals surface area contributed by atoms with E-state index in [-0.39, 0.29) is 0 Å². The lowest BCUT2D eigenvalue weighted by atomic mass is 9.93. The first-order valence-electron chi connectivity index (χ1n) is 7.98. The molecule has 0 nitrogen and oxygen atoms in total. The quantitative estimate of drug-likeness (QED) is 0.613. The molecule has 0 aliphatic rings. The largest absolute Gasteiger partial charge is 0.0841 e. The third kappa shape index (κ3) is 3.76. The lowest BCUT2D eigenvalue weighted by Gasteiger charge is -2.12. The average Bonchev–Trinajstić information content (AvgIpc) is 2.52. The zero-order chi connectivity index (χ0) is 16.1. The van der Waals surface area contributed by atoms with Gasteiger partial charge in [0, 0.05) is 0 Å². The van der Waals surface area contributed by atoms with Crippen LogP contribution in [0, 0.1) is 13.8 Å². The molecule has 114 valence electrons. The number of hydrogen-bond donors (Lipinski definition) is 0. The molecule has 2 aromatic carbocycles. The van der Waals surface area contributed by atoms with Gasteiger partial charge >= 0.3 is 0 Å². The Labute approximate surface area is 135 Å². The summed E-state index contributed by atoms with van der Waals surface area (Å²) in [4.78, 5) is 0. The van der Waals surface area contributed by atoms with Crippen molar-refractivity contribution in [3.05, 3.63) is 82.4 Å². The molecule has 0 amide bonds. The normalized spacial score (nSPS) is 12.6. The Kier molecular flexibility index (Phi) is 5.38. The van der Waals surface area contributed by atoms with E-state index in [0.29, 0.717) is 0 Å². The predicted octanol–water partition coefficient (Wildman–Crippen LogP) is 6.37. The van der Waals surface area contributed by atoms with Gasteiger partial charge in [0.25, 0.3) is 0 Å². The second-order valence-electron chi connectivity index (χ2n) is 6.03. The maximum absolute atomic E-state index is 2.35. The van der Waals surface area contributed by atoms with Gasteiger partial charge in [-0.05, 0) is 74.4 Å². The van der Waals surface area contributed by atoms with Crippen LogP contribution in [-0.4, -0.2) is 0 Å². The van der Waals surface area contributed by atoms with E-state index in [0.717, 1.165) is 6.42 Å². The van der Waals surface area contributed by atoms with Crippen molar-refractivity contribution in [2.24, 2.45) is 0 Å². The highest BCUT2D eigenvalue weighted by atomic mass is 14.1. The summed E-state index contributed by atoms with van der Waals surface area (Å²) in [6.07, 6.45) is 5.52. The van der Waals surface area contributed by atoms with Gasteiger partial charge in [0.2, 0.25) is 0 Å². The second-order valence-corrected chi connectivity index (χ2v) is 6.03. The molecule has 0 bridgehead atoms. The van der Waals surface area contributed by atoms with Gasteiger partial charge in [0.05, 0.1) is 0 Å². The summed E-state index contributed by atoms with van der Waals surface area (Å²) >= 11 is 0. The molecule has 22 heavy (non-hydrogen) atoms. The highest BCUT2D eigenvalue weighted by molar-refractivity contribution is 5.69. The van der Waals surface area contributed by atoms with Crippen LogP contribution in [0.2, 0.25) is 0 Å². The zero-order valence-electron chi connectivity index (χ0n) is 14.4. The Bertz CT molecular complexity index is 715. The van der Waals surface area contributed by atoms with E-state index < -0.39 is 0 Å². The molecule has 0 heterocycles. The standard InChI is InChI=1S/C22H26/c1-6-17(3)21-12-8-10-19(5)22(21)14-13-18(4)20-11-7-9-16(2)15-20/h6-13,15H,14H2,1-5H3/b17-6+,18-13+. The summed E-state index contributed by atoms with van der Waals surface area (Å²) in [7, 11) is 0. The third-order valence-corrected chi connectivity index (χ3v) is 4.35. The SMILES string of the molecule is C/C=C(\C)c1cccc(C)c1C/C=C(\C)c1cccc(C)c1. The summed E-state index contributed by atoms with van der Waals surface area (Å²) in [6, 6.07) is 15.3. The summed E-state index contributed by atoms with van der Waals surface area (Å²) in [5.74, 6) is 0. The van der Waals surface area contributed by atoms with Gasteiger partial charge in [0.1, 0.15) is 0 Å². The van der Waals surface area contributed by atoms with E-state index in [2.05, 4.69) is 89.2 Å². The highest BCUT2D eigenvalue weighted by Crippen LogP contribution is 2.24. The number of hydrogen-bond acceptors (Lipinski definition) is 0. The molecule has 0 saturated heterocycles. The van der Waals surface area contributed by atoms with Crippen LogP contribution in [0.3, 0.4) is 0 Å². The topological polar surface area (TPSA) is 0 Å². The first-order valence-corrected chi connectivity index (χ1v) is 7.98. The smallest absolute Gasteiger partial charge is 0.00828 e. The molecular formula is C22H26. The van der Waals surface area contributed by atoms with Crippen molar-refractivity contribution < 1.29 is 0 Å². The third-order valence-electron chi connectivity index (χ3n) is 4.35. The number of benzene rings is 2. The Balaban J connectivity index is 2.33. The van der Waals surface area contributed by atoms with Crippen molar-refractivity contribution in [1.82, 2.24) is 0 Å². The Morgan fingerprint density at radius 1 is 0.955 bits per heavy atom. The molecule has 0 saturated carbocycles. The van der Waals surface area contributed by atoms with Crippen LogP contribution in [-0.2, 0) is 6.42 Å². The number of rotatable bonds is 4. The van der Waals surface area contributed by atoms with Gasteiger partial charge in [-0.15, -0.1) is 0 Å². The molecule has 0 aliphatic carbocycles. The molecule has 2 aromatic rings. The first-order chi connectivity index (χ1) is 10.5. The number of allylic oxidation sites excluding steroid dienone is 4. The van der Waals surface area contributed by atoms with Crippen LogP contribution < -0.4 is 0 Å². The molecule has 0 heteroatoms. The van der Waals surface area contributed by atoms with Crippen molar-refractivity contribution >= 4 is 11.1 Å². The Morgan fingerprint density at radius 3 is 2.36 bits per heavy atom. The van der Waals surface area contributed by atoms with E-state index in [4.69, 9.17) is 0 Å². The van der Waals surface area contributed by atoms with Gasteiger partial charge in [-0.1, -0.05) is 60.2 Å². The Morgan fingerprint density at radius 2 is 1.68 bits per heavy atom. The monoisotopic (exact) mass is 290 g/mol. The van der Waals surface area contributed by atoms with Crippen molar-refractivity contribution in [2.45, 2.75) is 41.0 Å². The van der Waals surface area contributed by atoms with Crippen molar-refractivity contribution in [3.8, 4) is 0 Å².